The van der Waals surface area contributed by atoms with Gasteiger partial charge in [-0.1, -0.05) is 6.92 Å². The van der Waals surface area contributed by atoms with Crippen LogP contribution in [0.3, 0.4) is 0 Å². The van der Waals surface area contributed by atoms with Gasteiger partial charge in [-0.25, -0.2) is 0 Å². The summed E-state index contributed by atoms with van der Waals surface area (Å²) >= 11 is 5.91. The number of hydrogen-bond donors (Lipinski definition) is 0. The second-order valence-electron chi connectivity index (χ2n) is 3.93. The first-order valence-corrected chi connectivity index (χ1v) is 5.99. The van der Waals surface area contributed by atoms with Crippen LogP contribution in [0.2, 0.25) is 0 Å². The number of aromatic nitrogens is 1. The predicted molar refractivity (Wildman–Crippen MR) is 66.6 cm³/mol. The molecule has 0 bridgehead atoms. The Morgan fingerprint density at radius 1 is 1.47 bits per heavy atom. The highest BCUT2D eigenvalue weighted by atomic mass is 35.5. The van der Waals surface area contributed by atoms with E-state index in [0.29, 0.717) is 11.9 Å². The number of pyridine rings is 1. The Bertz CT molecular complexity index is 299. The van der Waals surface area contributed by atoms with E-state index in [0.717, 1.165) is 18.5 Å². The molecule has 0 atom stereocenters. The van der Waals surface area contributed by atoms with Crippen LogP contribution in [0.1, 0.15) is 32.8 Å². The van der Waals surface area contributed by atoms with E-state index in [1.807, 2.05) is 18.5 Å². The molecule has 0 N–H and O–H groups in total. The summed E-state index contributed by atoms with van der Waals surface area (Å²) in [5.74, 6) is 0.524. The van der Waals surface area contributed by atoms with Gasteiger partial charge in [0, 0.05) is 36.2 Å². The summed E-state index contributed by atoms with van der Waals surface area (Å²) in [6.07, 6.45) is 4.83. The highest BCUT2D eigenvalue weighted by Crippen LogP contribution is 2.23. The molecule has 0 unspecified atom stereocenters. The van der Waals surface area contributed by atoms with Crippen LogP contribution >= 0.6 is 11.6 Å². The fourth-order valence-electron chi connectivity index (χ4n) is 1.70. The average Bonchev–Trinajstić information content (AvgIpc) is 2.25. The standard InChI is InChI=1S/C12H19ClN2/c1-4-7-15(10(2)3)12-5-6-14-9-11(12)8-13/h5-6,9-10H,4,7-8H2,1-3H3. The van der Waals surface area contributed by atoms with E-state index in [1.165, 1.54) is 5.69 Å². The van der Waals surface area contributed by atoms with Crippen LogP contribution in [0.5, 0.6) is 0 Å². The quantitative estimate of drug-likeness (QED) is 0.715. The van der Waals surface area contributed by atoms with Crippen LogP contribution in [0, 0.1) is 0 Å². The molecule has 0 amide bonds. The molecule has 2 nitrogen and oxygen atoms in total. The van der Waals surface area contributed by atoms with E-state index < -0.39 is 0 Å². The molecular weight excluding hydrogens is 208 g/mol. The van der Waals surface area contributed by atoms with Crippen LogP contribution in [0.4, 0.5) is 5.69 Å². The molecular formula is C12H19ClN2. The van der Waals surface area contributed by atoms with Crippen molar-refractivity contribution in [2.24, 2.45) is 0 Å². The number of rotatable bonds is 5. The molecule has 15 heavy (non-hydrogen) atoms. The van der Waals surface area contributed by atoms with Gasteiger partial charge in [0.25, 0.3) is 0 Å². The zero-order chi connectivity index (χ0) is 11.3. The van der Waals surface area contributed by atoms with Gasteiger partial charge >= 0.3 is 0 Å². The van der Waals surface area contributed by atoms with Crippen LogP contribution in [-0.2, 0) is 5.88 Å². The lowest BCUT2D eigenvalue weighted by molar-refractivity contribution is 0.668. The van der Waals surface area contributed by atoms with Crippen molar-refractivity contribution < 1.29 is 0 Å². The zero-order valence-electron chi connectivity index (χ0n) is 9.70. The van der Waals surface area contributed by atoms with Gasteiger partial charge in [0.15, 0.2) is 0 Å². The molecule has 0 aromatic carbocycles. The third kappa shape index (κ3) is 3.10. The Morgan fingerprint density at radius 3 is 2.73 bits per heavy atom. The van der Waals surface area contributed by atoms with Gasteiger partial charge in [-0.05, 0) is 26.3 Å². The SMILES string of the molecule is CCCN(c1ccncc1CCl)C(C)C. The Kier molecular flexibility index (Phi) is 4.89. The van der Waals surface area contributed by atoms with Crippen molar-refractivity contribution in [1.29, 1.82) is 0 Å². The van der Waals surface area contributed by atoms with Crippen LogP contribution in [-0.4, -0.2) is 17.6 Å². The second-order valence-corrected chi connectivity index (χ2v) is 4.19. The zero-order valence-corrected chi connectivity index (χ0v) is 10.5. The molecule has 0 saturated heterocycles. The normalized spacial score (nSPS) is 10.7. The minimum atomic E-state index is 0.495. The summed E-state index contributed by atoms with van der Waals surface area (Å²) in [7, 11) is 0. The van der Waals surface area contributed by atoms with Gasteiger partial charge in [-0.2, -0.15) is 0 Å². The third-order valence-corrected chi connectivity index (χ3v) is 2.71. The largest absolute Gasteiger partial charge is 0.369 e. The van der Waals surface area contributed by atoms with E-state index in [4.69, 9.17) is 11.6 Å². The molecule has 84 valence electrons. The van der Waals surface area contributed by atoms with Crippen molar-refractivity contribution in [3.63, 3.8) is 0 Å². The number of halogens is 1. The van der Waals surface area contributed by atoms with Crippen molar-refractivity contribution in [3.05, 3.63) is 24.0 Å². The highest BCUT2D eigenvalue weighted by molar-refractivity contribution is 6.17. The average molecular weight is 227 g/mol. The number of anilines is 1. The first kappa shape index (κ1) is 12.3. The number of alkyl halides is 1. The summed E-state index contributed by atoms with van der Waals surface area (Å²) in [6.45, 7) is 7.66. The van der Waals surface area contributed by atoms with Gasteiger partial charge in [0.2, 0.25) is 0 Å². The molecule has 1 heterocycles. The fraction of sp³-hybridized carbons (Fsp3) is 0.583. The summed E-state index contributed by atoms with van der Waals surface area (Å²) in [5, 5.41) is 0. The smallest absolute Gasteiger partial charge is 0.0509 e. The minimum absolute atomic E-state index is 0.495. The second kappa shape index (κ2) is 5.96. The molecule has 1 aromatic rings. The Balaban J connectivity index is 2.98. The monoisotopic (exact) mass is 226 g/mol. The first-order chi connectivity index (χ1) is 7.20. The van der Waals surface area contributed by atoms with Crippen LogP contribution in [0.25, 0.3) is 0 Å². The maximum absolute atomic E-state index is 5.91. The molecule has 0 aliphatic heterocycles. The van der Waals surface area contributed by atoms with Crippen molar-refractivity contribution in [3.8, 4) is 0 Å². The van der Waals surface area contributed by atoms with E-state index in [2.05, 4.69) is 30.7 Å². The van der Waals surface area contributed by atoms with Crippen LogP contribution in [0.15, 0.2) is 18.5 Å². The van der Waals surface area contributed by atoms with Crippen molar-refractivity contribution in [1.82, 2.24) is 4.98 Å². The lowest BCUT2D eigenvalue weighted by Crippen LogP contribution is -2.32. The lowest BCUT2D eigenvalue weighted by Gasteiger charge is -2.30. The van der Waals surface area contributed by atoms with E-state index >= 15 is 0 Å². The van der Waals surface area contributed by atoms with Crippen LogP contribution < -0.4 is 4.90 Å². The van der Waals surface area contributed by atoms with Gasteiger partial charge in [-0.3, -0.25) is 4.98 Å². The fourth-order valence-corrected chi connectivity index (χ4v) is 1.91. The third-order valence-electron chi connectivity index (χ3n) is 2.42. The molecule has 3 heteroatoms. The summed E-state index contributed by atoms with van der Waals surface area (Å²) < 4.78 is 0. The Morgan fingerprint density at radius 2 is 2.20 bits per heavy atom. The van der Waals surface area contributed by atoms with Crippen molar-refractivity contribution in [2.75, 3.05) is 11.4 Å². The Hall–Kier alpha value is -0.760. The van der Waals surface area contributed by atoms with Gasteiger partial charge in [0.05, 0.1) is 5.88 Å². The number of hydrogen-bond acceptors (Lipinski definition) is 2. The van der Waals surface area contributed by atoms with Crippen molar-refractivity contribution in [2.45, 2.75) is 39.1 Å². The molecule has 0 saturated carbocycles. The summed E-state index contributed by atoms with van der Waals surface area (Å²) in [5.41, 5.74) is 2.33. The molecule has 0 aliphatic rings. The van der Waals surface area contributed by atoms with Gasteiger partial charge in [0.1, 0.15) is 0 Å². The molecule has 0 fully saturated rings. The highest BCUT2D eigenvalue weighted by Gasteiger charge is 2.12. The molecule has 0 spiro atoms. The maximum atomic E-state index is 5.91. The molecule has 0 aliphatic carbocycles. The molecule has 1 rings (SSSR count). The lowest BCUT2D eigenvalue weighted by atomic mass is 10.2. The first-order valence-electron chi connectivity index (χ1n) is 5.46. The summed E-state index contributed by atoms with van der Waals surface area (Å²) in [6, 6.07) is 2.54. The predicted octanol–water partition coefficient (Wildman–Crippen LogP) is 3.45. The molecule has 1 aromatic heterocycles. The van der Waals surface area contributed by atoms with E-state index in [-0.39, 0.29) is 0 Å². The maximum Gasteiger partial charge on any atom is 0.0509 e. The number of nitrogens with zero attached hydrogens (tertiary/aromatic N) is 2. The summed E-state index contributed by atoms with van der Waals surface area (Å²) in [4.78, 5) is 6.48. The van der Waals surface area contributed by atoms with Gasteiger partial charge in [-0.15, -0.1) is 11.6 Å². The van der Waals surface area contributed by atoms with Gasteiger partial charge < -0.3 is 4.90 Å². The molecule has 0 radical (unpaired) electrons. The Labute approximate surface area is 97.3 Å². The van der Waals surface area contributed by atoms with E-state index in [9.17, 15) is 0 Å². The minimum Gasteiger partial charge on any atom is -0.369 e. The van der Waals surface area contributed by atoms with Crippen molar-refractivity contribution >= 4 is 17.3 Å². The van der Waals surface area contributed by atoms with E-state index in [1.54, 1.807) is 0 Å². The topological polar surface area (TPSA) is 16.1 Å².